The second kappa shape index (κ2) is 9.65. The summed E-state index contributed by atoms with van der Waals surface area (Å²) in [4.78, 5) is 17.2. The van der Waals surface area contributed by atoms with Crippen molar-refractivity contribution in [1.29, 1.82) is 0 Å². The summed E-state index contributed by atoms with van der Waals surface area (Å²) < 4.78 is 7.86. The van der Waals surface area contributed by atoms with E-state index >= 15 is 0 Å². The lowest BCUT2D eigenvalue weighted by Crippen LogP contribution is -2.19. The number of ether oxygens (including phenoxy) is 1. The van der Waals surface area contributed by atoms with Gasteiger partial charge in [0.15, 0.2) is 0 Å². The molecule has 1 amide bonds. The number of aryl methyl sites for hydroxylation is 1. The first-order valence-corrected chi connectivity index (χ1v) is 11.8. The van der Waals surface area contributed by atoms with Crippen LogP contribution in [0.5, 0.6) is 5.75 Å². The Morgan fingerprint density at radius 2 is 1.85 bits per heavy atom. The standard InChI is InChI=1S/C27H29N5O2/c1-32-25(15-28)24(17-30-32)19-7-8-20-16-29-26(14-21(20)13-19)31-27(33)18-9-11-23(12-10-18)34-22-5-3-2-4-6-22/h7-14,16-17,22H,2-6,15,28H2,1H3,(H,29,31,33). The molecule has 0 radical (unpaired) electrons. The van der Waals surface area contributed by atoms with Crippen LogP contribution in [-0.2, 0) is 13.6 Å². The van der Waals surface area contributed by atoms with Crippen molar-refractivity contribution in [2.24, 2.45) is 12.8 Å². The number of hydrogen-bond donors (Lipinski definition) is 2. The lowest BCUT2D eigenvalue weighted by atomic mass is 9.98. The van der Waals surface area contributed by atoms with Gasteiger partial charge < -0.3 is 15.8 Å². The molecule has 1 aliphatic rings. The zero-order chi connectivity index (χ0) is 23.5. The van der Waals surface area contributed by atoms with Crippen molar-refractivity contribution in [3.63, 3.8) is 0 Å². The third-order valence-electron chi connectivity index (χ3n) is 6.50. The van der Waals surface area contributed by atoms with Crippen LogP contribution in [0.3, 0.4) is 0 Å². The van der Waals surface area contributed by atoms with E-state index in [2.05, 4.69) is 21.5 Å². The Morgan fingerprint density at radius 3 is 2.62 bits per heavy atom. The van der Waals surface area contributed by atoms with Crippen LogP contribution in [0.2, 0.25) is 0 Å². The van der Waals surface area contributed by atoms with E-state index in [9.17, 15) is 4.79 Å². The number of rotatable bonds is 6. The number of anilines is 1. The molecule has 0 spiro atoms. The van der Waals surface area contributed by atoms with Crippen LogP contribution < -0.4 is 15.8 Å². The monoisotopic (exact) mass is 455 g/mol. The molecule has 34 heavy (non-hydrogen) atoms. The molecule has 2 aromatic carbocycles. The van der Waals surface area contributed by atoms with Crippen LogP contribution in [-0.4, -0.2) is 26.8 Å². The molecule has 1 aliphatic carbocycles. The summed E-state index contributed by atoms with van der Waals surface area (Å²) >= 11 is 0. The van der Waals surface area contributed by atoms with Gasteiger partial charge in [-0.3, -0.25) is 9.48 Å². The second-order valence-electron chi connectivity index (χ2n) is 8.82. The summed E-state index contributed by atoms with van der Waals surface area (Å²) in [5.41, 5.74) is 9.48. The van der Waals surface area contributed by atoms with Crippen molar-refractivity contribution in [2.75, 3.05) is 5.32 Å². The van der Waals surface area contributed by atoms with Crippen molar-refractivity contribution < 1.29 is 9.53 Å². The topological polar surface area (TPSA) is 95.1 Å². The molecule has 1 saturated carbocycles. The van der Waals surface area contributed by atoms with Gasteiger partial charge in [-0.1, -0.05) is 18.6 Å². The number of carbonyl (C=O) groups is 1. The van der Waals surface area contributed by atoms with E-state index in [1.165, 1.54) is 19.3 Å². The number of pyridine rings is 1. The predicted octanol–water partition coefficient (Wildman–Crippen LogP) is 5.06. The van der Waals surface area contributed by atoms with E-state index in [4.69, 9.17) is 10.5 Å². The highest BCUT2D eigenvalue weighted by molar-refractivity contribution is 6.04. The first kappa shape index (κ1) is 22.1. The maximum absolute atomic E-state index is 12.8. The molecule has 7 nitrogen and oxygen atoms in total. The van der Waals surface area contributed by atoms with Crippen LogP contribution in [0.15, 0.2) is 60.9 Å². The Balaban J connectivity index is 1.31. The van der Waals surface area contributed by atoms with Crippen LogP contribution >= 0.6 is 0 Å². The molecule has 7 heteroatoms. The third-order valence-corrected chi connectivity index (χ3v) is 6.50. The van der Waals surface area contributed by atoms with Crippen LogP contribution in [0.4, 0.5) is 5.82 Å². The van der Waals surface area contributed by atoms with E-state index in [-0.39, 0.29) is 12.0 Å². The third kappa shape index (κ3) is 4.65. The Bertz CT molecular complexity index is 1310. The lowest BCUT2D eigenvalue weighted by molar-refractivity contribution is 0.102. The van der Waals surface area contributed by atoms with Gasteiger partial charge in [-0.15, -0.1) is 0 Å². The van der Waals surface area contributed by atoms with E-state index in [0.717, 1.165) is 46.2 Å². The average Bonchev–Trinajstić information content (AvgIpc) is 3.25. The fraction of sp³-hybridized carbons (Fsp3) is 0.296. The predicted molar refractivity (Wildman–Crippen MR) is 134 cm³/mol. The van der Waals surface area contributed by atoms with Gasteiger partial charge in [-0.25, -0.2) is 4.98 Å². The largest absolute Gasteiger partial charge is 0.490 e. The summed E-state index contributed by atoms with van der Waals surface area (Å²) in [6, 6.07) is 15.3. The molecule has 174 valence electrons. The minimum absolute atomic E-state index is 0.204. The molecule has 2 aromatic heterocycles. The van der Waals surface area contributed by atoms with Crippen molar-refractivity contribution in [3.05, 3.63) is 72.2 Å². The van der Waals surface area contributed by atoms with Gasteiger partial charge in [-0.2, -0.15) is 5.10 Å². The minimum Gasteiger partial charge on any atom is -0.490 e. The lowest BCUT2D eigenvalue weighted by Gasteiger charge is -2.23. The normalized spacial score (nSPS) is 14.3. The number of nitrogens with zero attached hydrogens (tertiary/aromatic N) is 3. The van der Waals surface area contributed by atoms with Gasteiger partial charge in [0.1, 0.15) is 11.6 Å². The summed E-state index contributed by atoms with van der Waals surface area (Å²) in [5, 5.41) is 9.21. The number of carbonyl (C=O) groups excluding carboxylic acids is 1. The molecule has 5 rings (SSSR count). The van der Waals surface area contributed by atoms with Crippen molar-refractivity contribution in [2.45, 2.75) is 44.8 Å². The summed E-state index contributed by atoms with van der Waals surface area (Å²) in [6.45, 7) is 0.409. The molecule has 4 aromatic rings. The van der Waals surface area contributed by atoms with E-state index in [1.54, 1.807) is 23.0 Å². The Hall–Kier alpha value is -3.71. The number of hydrogen-bond acceptors (Lipinski definition) is 5. The zero-order valence-electron chi connectivity index (χ0n) is 19.3. The molecular formula is C27H29N5O2. The molecule has 3 N–H and O–H groups in total. The molecular weight excluding hydrogens is 426 g/mol. The molecule has 0 saturated heterocycles. The maximum atomic E-state index is 12.8. The molecule has 2 heterocycles. The van der Waals surface area contributed by atoms with E-state index in [1.807, 2.05) is 43.6 Å². The fourth-order valence-electron chi connectivity index (χ4n) is 4.57. The number of fused-ring (bicyclic) bond motifs is 1. The van der Waals surface area contributed by atoms with Crippen LogP contribution in [0.25, 0.3) is 21.9 Å². The Labute approximate surface area is 198 Å². The van der Waals surface area contributed by atoms with Gasteiger partial charge in [-0.05, 0) is 73.0 Å². The quantitative estimate of drug-likeness (QED) is 0.424. The molecule has 0 aliphatic heterocycles. The van der Waals surface area contributed by atoms with Crippen molar-refractivity contribution >= 4 is 22.5 Å². The van der Waals surface area contributed by atoms with Gasteiger partial charge in [0.05, 0.1) is 18.0 Å². The second-order valence-corrected chi connectivity index (χ2v) is 8.82. The summed E-state index contributed by atoms with van der Waals surface area (Å²) in [6.07, 6.45) is 9.83. The highest BCUT2D eigenvalue weighted by Gasteiger charge is 2.15. The number of nitrogens with one attached hydrogen (secondary N) is 1. The van der Waals surface area contributed by atoms with Crippen LogP contribution in [0, 0.1) is 0 Å². The highest BCUT2D eigenvalue weighted by atomic mass is 16.5. The maximum Gasteiger partial charge on any atom is 0.256 e. The zero-order valence-corrected chi connectivity index (χ0v) is 19.3. The number of benzene rings is 2. The SMILES string of the molecule is Cn1ncc(-c2ccc3cnc(NC(=O)c4ccc(OC5CCCCC5)cc4)cc3c2)c1CN. The molecule has 1 fully saturated rings. The summed E-state index contributed by atoms with van der Waals surface area (Å²) in [7, 11) is 1.89. The van der Waals surface area contributed by atoms with Gasteiger partial charge in [0.25, 0.3) is 5.91 Å². The molecule has 0 atom stereocenters. The smallest absolute Gasteiger partial charge is 0.256 e. The van der Waals surface area contributed by atoms with Crippen molar-refractivity contribution in [3.8, 4) is 16.9 Å². The minimum atomic E-state index is -0.204. The van der Waals surface area contributed by atoms with E-state index < -0.39 is 0 Å². The molecule has 0 bridgehead atoms. The number of nitrogens with two attached hydrogens (primary N) is 1. The Kier molecular flexibility index (Phi) is 6.27. The van der Waals surface area contributed by atoms with Crippen LogP contribution in [0.1, 0.15) is 48.2 Å². The van der Waals surface area contributed by atoms with Gasteiger partial charge in [0, 0.05) is 36.3 Å². The van der Waals surface area contributed by atoms with Crippen molar-refractivity contribution in [1.82, 2.24) is 14.8 Å². The average molecular weight is 456 g/mol. The number of amides is 1. The first-order chi connectivity index (χ1) is 16.6. The molecule has 0 unspecified atom stereocenters. The highest BCUT2D eigenvalue weighted by Crippen LogP contribution is 2.28. The fourth-order valence-corrected chi connectivity index (χ4v) is 4.57. The van der Waals surface area contributed by atoms with Gasteiger partial charge >= 0.3 is 0 Å². The Morgan fingerprint density at radius 1 is 1.06 bits per heavy atom. The van der Waals surface area contributed by atoms with E-state index in [0.29, 0.717) is 17.9 Å². The summed E-state index contributed by atoms with van der Waals surface area (Å²) in [5.74, 6) is 1.11. The van der Waals surface area contributed by atoms with Gasteiger partial charge in [0.2, 0.25) is 0 Å². The number of aromatic nitrogens is 3. The first-order valence-electron chi connectivity index (χ1n) is 11.8.